The molecular formula is C21H22N4O3. The quantitative estimate of drug-likeness (QED) is 0.538. The zero-order valence-corrected chi connectivity index (χ0v) is 15.8. The highest BCUT2D eigenvalue weighted by Gasteiger charge is 2.34. The Morgan fingerprint density at radius 2 is 2.04 bits per heavy atom. The maximum absolute atomic E-state index is 11.8. The molecule has 0 unspecified atom stereocenters. The van der Waals surface area contributed by atoms with Gasteiger partial charge in [0.25, 0.3) is 5.91 Å². The van der Waals surface area contributed by atoms with E-state index in [0.29, 0.717) is 18.7 Å². The molecule has 0 aliphatic carbocycles. The molecule has 28 heavy (non-hydrogen) atoms. The summed E-state index contributed by atoms with van der Waals surface area (Å²) in [6.07, 6.45) is 3.66. The van der Waals surface area contributed by atoms with Crippen molar-refractivity contribution in [3.8, 4) is 11.4 Å². The van der Waals surface area contributed by atoms with Gasteiger partial charge >= 0.3 is 0 Å². The van der Waals surface area contributed by atoms with Crippen molar-refractivity contribution < 1.29 is 14.7 Å². The first kappa shape index (κ1) is 18.1. The normalized spacial score (nSPS) is 14.9. The van der Waals surface area contributed by atoms with E-state index in [1.165, 1.54) is 0 Å². The van der Waals surface area contributed by atoms with Crippen LogP contribution in [-0.2, 0) is 6.54 Å². The van der Waals surface area contributed by atoms with E-state index in [9.17, 15) is 4.79 Å². The summed E-state index contributed by atoms with van der Waals surface area (Å²) in [6, 6.07) is 15.3. The summed E-state index contributed by atoms with van der Waals surface area (Å²) >= 11 is 0. The van der Waals surface area contributed by atoms with E-state index in [2.05, 4.69) is 36.0 Å². The Labute approximate surface area is 163 Å². The van der Waals surface area contributed by atoms with Gasteiger partial charge in [0.05, 0.1) is 16.9 Å². The van der Waals surface area contributed by atoms with Gasteiger partial charge in [-0.3, -0.25) is 10.0 Å². The van der Waals surface area contributed by atoms with Crippen molar-refractivity contribution in [3.05, 3.63) is 72.1 Å². The molecule has 0 saturated heterocycles. The van der Waals surface area contributed by atoms with E-state index in [-0.39, 0.29) is 5.54 Å². The van der Waals surface area contributed by atoms with E-state index in [1.54, 1.807) is 29.9 Å². The van der Waals surface area contributed by atoms with Crippen LogP contribution in [0.15, 0.2) is 60.9 Å². The molecule has 0 fully saturated rings. The van der Waals surface area contributed by atoms with Crippen molar-refractivity contribution in [3.63, 3.8) is 0 Å². The van der Waals surface area contributed by atoms with Gasteiger partial charge in [-0.05, 0) is 55.8 Å². The van der Waals surface area contributed by atoms with Crippen LogP contribution >= 0.6 is 0 Å². The fourth-order valence-electron chi connectivity index (χ4n) is 3.37. The van der Waals surface area contributed by atoms with E-state index in [1.807, 2.05) is 29.1 Å². The van der Waals surface area contributed by atoms with Crippen LogP contribution < -0.4 is 15.1 Å². The summed E-state index contributed by atoms with van der Waals surface area (Å²) in [6.45, 7) is 5.41. The summed E-state index contributed by atoms with van der Waals surface area (Å²) in [5.74, 6) is 0.177. The third-order valence-corrected chi connectivity index (χ3v) is 4.97. The second-order valence-corrected chi connectivity index (χ2v) is 7.43. The molecule has 1 aliphatic rings. The zero-order valence-electron chi connectivity index (χ0n) is 15.8. The van der Waals surface area contributed by atoms with E-state index in [4.69, 9.17) is 9.94 Å². The van der Waals surface area contributed by atoms with Gasteiger partial charge in [0.1, 0.15) is 12.4 Å². The Morgan fingerprint density at radius 3 is 2.71 bits per heavy atom. The number of ether oxygens (including phenoxy) is 1. The lowest BCUT2D eigenvalue weighted by atomic mass is 9.98. The summed E-state index contributed by atoms with van der Waals surface area (Å²) < 4.78 is 7.71. The molecule has 0 saturated carbocycles. The third kappa shape index (κ3) is 3.32. The molecule has 0 atom stereocenters. The van der Waals surface area contributed by atoms with Gasteiger partial charge in [-0.2, -0.15) is 5.10 Å². The fraction of sp³-hybridized carbons (Fsp3) is 0.238. The van der Waals surface area contributed by atoms with Crippen LogP contribution in [0.1, 0.15) is 29.8 Å². The van der Waals surface area contributed by atoms with Crippen molar-refractivity contribution in [2.24, 2.45) is 0 Å². The topological polar surface area (TPSA) is 79.6 Å². The molecule has 4 rings (SSSR count). The molecule has 3 aromatic rings. The molecule has 7 nitrogen and oxygen atoms in total. The van der Waals surface area contributed by atoms with E-state index < -0.39 is 5.91 Å². The number of rotatable bonds is 4. The van der Waals surface area contributed by atoms with E-state index >= 15 is 0 Å². The van der Waals surface area contributed by atoms with E-state index in [0.717, 1.165) is 22.7 Å². The van der Waals surface area contributed by atoms with Gasteiger partial charge in [-0.1, -0.05) is 12.1 Å². The number of carbonyl (C=O) groups is 1. The molecule has 2 heterocycles. The largest absolute Gasteiger partial charge is 0.489 e. The van der Waals surface area contributed by atoms with Crippen LogP contribution in [-0.4, -0.2) is 33.0 Å². The lowest BCUT2D eigenvalue weighted by molar-refractivity contribution is 0.0706. The first-order chi connectivity index (χ1) is 13.5. The van der Waals surface area contributed by atoms with Crippen LogP contribution in [0.5, 0.6) is 5.75 Å². The second-order valence-electron chi connectivity index (χ2n) is 7.43. The molecule has 1 aromatic heterocycles. The van der Waals surface area contributed by atoms with Crippen LogP contribution in [0.25, 0.3) is 5.69 Å². The fourth-order valence-corrected chi connectivity index (χ4v) is 3.37. The number of aromatic nitrogens is 2. The lowest BCUT2D eigenvalue weighted by Crippen LogP contribution is -2.51. The predicted octanol–water partition coefficient (Wildman–Crippen LogP) is 3.17. The maximum atomic E-state index is 11.8. The molecule has 0 spiro atoms. The number of nitrogens with zero attached hydrogens (tertiary/aromatic N) is 3. The van der Waals surface area contributed by atoms with Crippen LogP contribution in [0.3, 0.4) is 0 Å². The smallest absolute Gasteiger partial charge is 0.274 e. The summed E-state index contributed by atoms with van der Waals surface area (Å²) in [5.41, 5.74) is 4.76. The Morgan fingerprint density at radius 1 is 1.25 bits per heavy atom. The number of hydrogen-bond donors (Lipinski definition) is 2. The Kier molecular flexibility index (Phi) is 4.52. The number of hydroxylamine groups is 1. The summed E-state index contributed by atoms with van der Waals surface area (Å²) in [7, 11) is 0. The van der Waals surface area contributed by atoms with Crippen molar-refractivity contribution in [1.82, 2.24) is 15.3 Å². The van der Waals surface area contributed by atoms with Gasteiger partial charge in [-0.15, -0.1) is 0 Å². The summed E-state index contributed by atoms with van der Waals surface area (Å²) in [5, 5.41) is 13.2. The molecule has 0 radical (unpaired) electrons. The molecule has 1 aliphatic heterocycles. The molecule has 2 N–H and O–H groups in total. The standard InChI is InChI=1S/C21H22N4O3/c1-21(2)14-28-19-9-6-16(20(26)23-27)12-18(19)24(21)13-15-4-7-17(8-5-15)25-11-3-10-22-25/h3-12,27H,13-14H2,1-2H3,(H,23,26). The van der Waals surface area contributed by atoms with Crippen LogP contribution in [0.4, 0.5) is 5.69 Å². The minimum Gasteiger partial charge on any atom is -0.489 e. The van der Waals surface area contributed by atoms with Crippen molar-refractivity contribution in [2.75, 3.05) is 11.5 Å². The van der Waals surface area contributed by atoms with Crippen LogP contribution in [0, 0.1) is 0 Å². The first-order valence-electron chi connectivity index (χ1n) is 9.06. The molecule has 2 aromatic carbocycles. The monoisotopic (exact) mass is 378 g/mol. The van der Waals surface area contributed by atoms with Crippen molar-refractivity contribution in [1.29, 1.82) is 0 Å². The minimum atomic E-state index is -0.547. The number of benzene rings is 2. The number of fused-ring (bicyclic) bond motifs is 1. The lowest BCUT2D eigenvalue weighted by Gasteiger charge is -2.44. The highest BCUT2D eigenvalue weighted by atomic mass is 16.5. The molecule has 1 amide bonds. The van der Waals surface area contributed by atoms with Crippen molar-refractivity contribution in [2.45, 2.75) is 25.9 Å². The number of hydrogen-bond acceptors (Lipinski definition) is 5. The highest BCUT2D eigenvalue weighted by Crippen LogP contribution is 2.39. The molecule has 144 valence electrons. The highest BCUT2D eigenvalue weighted by molar-refractivity contribution is 5.95. The SMILES string of the molecule is CC1(C)COc2ccc(C(=O)NO)cc2N1Cc1ccc(-n2cccn2)cc1. The molecular weight excluding hydrogens is 356 g/mol. The number of anilines is 1. The van der Waals surface area contributed by atoms with Crippen LogP contribution in [0.2, 0.25) is 0 Å². The average Bonchev–Trinajstić information content (AvgIpc) is 3.24. The first-order valence-corrected chi connectivity index (χ1v) is 9.06. The maximum Gasteiger partial charge on any atom is 0.274 e. The summed E-state index contributed by atoms with van der Waals surface area (Å²) in [4.78, 5) is 14.1. The predicted molar refractivity (Wildman–Crippen MR) is 105 cm³/mol. The van der Waals surface area contributed by atoms with Gasteiger partial charge in [0.2, 0.25) is 0 Å². The third-order valence-electron chi connectivity index (χ3n) is 4.97. The number of carbonyl (C=O) groups excluding carboxylic acids is 1. The van der Waals surface area contributed by atoms with Gasteiger partial charge < -0.3 is 9.64 Å². The van der Waals surface area contributed by atoms with Gasteiger partial charge in [-0.25, -0.2) is 10.2 Å². The molecule has 0 bridgehead atoms. The second kappa shape index (κ2) is 7.01. The number of nitrogens with one attached hydrogen (secondary N) is 1. The Balaban J connectivity index is 1.65. The van der Waals surface area contributed by atoms with Gasteiger partial charge in [0, 0.05) is 24.5 Å². The average molecular weight is 378 g/mol. The Hall–Kier alpha value is -3.32. The minimum absolute atomic E-state index is 0.262. The molecule has 7 heteroatoms. The van der Waals surface area contributed by atoms with Gasteiger partial charge in [0.15, 0.2) is 0 Å². The Bertz CT molecular complexity index is 981. The number of amides is 1. The van der Waals surface area contributed by atoms with Crippen molar-refractivity contribution >= 4 is 11.6 Å². The zero-order chi connectivity index (χ0) is 19.7.